The Hall–Kier alpha value is -2.77. The highest BCUT2D eigenvalue weighted by Crippen LogP contribution is 2.30. The van der Waals surface area contributed by atoms with Crippen molar-refractivity contribution in [3.8, 4) is 11.5 Å². The van der Waals surface area contributed by atoms with E-state index in [9.17, 15) is 23.1 Å². The monoisotopic (exact) mass is 298 g/mol. The summed E-state index contributed by atoms with van der Waals surface area (Å²) in [6.07, 6.45) is -3.61. The SMILES string of the molecule is O=C(Nc1ccccc1OC(F)(F)F)c1ncccc1O. The second-order valence-corrected chi connectivity index (χ2v) is 3.87. The lowest BCUT2D eigenvalue weighted by atomic mass is 10.2. The number of nitrogens with zero attached hydrogens (tertiary/aromatic N) is 1. The van der Waals surface area contributed by atoms with Gasteiger partial charge in [0.2, 0.25) is 0 Å². The Labute approximate surface area is 117 Å². The van der Waals surface area contributed by atoms with Crippen LogP contribution >= 0.6 is 0 Å². The molecule has 0 saturated carbocycles. The minimum absolute atomic E-state index is 0.190. The number of ether oxygens (including phenoxy) is 1. The van der Waals surface area contributed by atoms with Crippen LogP contribution in [0, 0.1) is 0 Å². The maximum Gasteiger partial charge on any atom is 0.573 e. The molecule has 8 heteroatoms. The highest BCUT2D eigenvalue weighted by molar-refractivity contribution is 6.05. The number of aromatic nitrogens is 1. The van der Waals surface area contributed by atoms with Crippen molar-refractivity contribution in [2.75, 3.05) is 5.32 Å². The molecule has 2 N–H and O–H groups in total. The summed E-state index contributed by atoms with van der Waals surface area (Å²) >= 11 is 0. The molecular formula is C13H9F3N2O3. The molecule has 110 valence electrons. The molecule has 21 heavy (non-hydrogen) atoms. The molecule has 0 aliphatic heterocycles. The number of carbonyl (C=O) groups is 1. The van der Waals surface area contributed by atoms with Crippen LogP contribution in [0.2, 0.25) is 0 Å². The largest absolute Gasteiger partial charge is 0.573 e. The number of alkyl halides is 3. The normalized spacial score (nSPS) is 11.0. The van der Waals surface area contributed by atoms with Gasteiger partial charge in [-0.2, -0.15) is 0 Å². The van der Waals surface area contributed by atoms with Crippen LogP contribution in [0.1, 0.15) is 10.5 Å². The van der Waals surface area contributed by atoms with Crippen LogP contribution in [0.5, 0.6) is 11.5 Å². The van der Waals surface area contributed by atoms with Crippen molar-refractivity contribution in [2.45, 2.75) is 6.36 Å². The third-order valence-corrected chi connectivity index (χ3v) is 2.36. The zero-order valence-corrected chi connectivity index (χ0v) is 10.4. The Kier molecular flexibility index (Phi) is 3.97. The molecule has 0 aliphatic rings. The van der Waals surface area contributed by atoms with Gasteiger partial charge in [0.25, 0.3) is 5.91 Å². The molecule has 2 aromatic rings. The fourth-order valence-corrected chi connectivity index (χ4v) is 1.54. The molecule has 0 spiro atoms. The summed E-state index contributed by atoms with van der Waals surface area (Å²) in [5.41, 5.74) is -0.496. The molecule has 1 aromatic carbocycles. The van der Waals surface area contributed by atoms with Crippen molar-refractivity contribution in [2.24, 2.45) is 0 Å². The van der Waals surface area contributed by atoms with Crippen molar-refractivity contribution < 1.29 is 27.8 Å². The van der Waals surface area contributed by atoms with Crippen LogP contribution in [0.15, 0.2) is 42.6 Å². The Morgan fingerprint density at radius 1 is 1.19 bits per heavy atom. The second kappa shape index (κ2) is 5.70. The van der Waals surface area contributed by atoms with E-state index >= 15 is 0 Å². The molecule has 0 radical (unpaired) electrons. The number of pyridine rings is 1. The number of anilines is 1. The Bertz CT molecular complexity index is 659. The lowest BCUT2D eigenvalue weighted by Crippen LogP contribution is -2.20. The zero-order chi connectivity index (χ0) is 15.5. The molecule has 0 atom stereocenters. The number of halogens is 3. The molecule has 2 rings (SSSR count). The number of aromatic hydroxyl groups is 1. The summed E-state index contributed by atoms with van der Waals surface area (Å²) in [7, 11) is 0. The first-order chi connectivity index (χ1) is 9.87. The molecule has 1 amide bonds. The minimum atomic E-state index is -4.88. The first-order valence-corrected chi connectivity index (χ1v) is 5.67. The smallest absolute Gasteiger partial charge is 0.505 e. The molecule has 0 aliphatic carbocycles. The van der Waals surface area contributed by atoms with E-state index in [2.05, 4.69) is 15.0 Å². The number of hydrogen-bond donors (Lipinski definition) is 2. The van der Waals surface area contributed by atoms with Crippen molar-refractivity contribution in [1.82, 2.24) is 4.98 Å². The van der Waals surface area contributed by atoms with Crippen LogP contribution in [-0.4, -0.2) is 22.4 Å². The maximum atomic E-state index is 12.3. The predicted octanol–water partition coefficient (Wildman–Crippen LogP) is 2.94. The van der Waals surface area contributed by atoms with Crippen molar-refractivity contribution in [3.63, 3.8) is 0 Å². The average Bonchev–Trinajstić information content (AvgIpc) is 2.40. The highest BCUT2D eigenvalue weighted by atomic mass is 19.4. The van der Waals surface area contributed by atoms with E-state index in [-0.39, 0.29) is 17.1 Å². The van der Waals surface area contributed by atoms with E-state index in [0.717, 1.165) is 6.07 Å². The summed E-state index contributed by atoms with van der Waals surface area (Å²) in [5.74, 6) is -1.80. The van der Waals surface area contributed by atoms with Crippen LogP contribution in [0.3, 0.4) is 0 Å². The van der Waals surface area contributed by atoms with E-state index in [0.29, 0.717) is 0 Å². The Morgan fingerprint density at radius 3 is 2.57 bits per heavy atom. The molecule has 1 aromatic heterocycles. The average molecular weight is 298 g/mol. The molecule has 0 unspecified atom stereocenters. The summed E-state index contributed by atoms with van der Waals surface area (Å²) < 4.78 is 40.6. The van der Waals surface area contributed by atoms with Crippen molar-refractivity contribution >= 4 is 11.6 Å². The third kappa shape index (κ3) is 3.85. The number of rotatable bonds is 3. The fraction of sp³-hybridized carbons (Fsp3) is 0.0769. The van der Waals surface area contributed by atoms with E-state index in [1.165, 1.54) is 36.5 Å². The maximum absolute atomic E-state index is 12.3. The lowest BCUT2D eigenvalue weighted by molar-refractivity contribution is -0.274. The van der Waals surface area contributed by atoms with Crippen LogP contribution in [-0.2, 0) is 0 Å². The summed E-state index contributed by atoms with van der Waals surface area (Å²) in [5, 5.41) is 11.7. The third-order valence-electron chi connectivity index (χ3n) is 2.36. The predicted molar refractivity (Wildman–Crippen MR) is 67.0 cm³/mol. The minimum Gasteiger partial charge on any atom is -0.505 e. The Morgan fingerprint density at radius 2 is 1.90 bits per heavy atom. The molecule has 0 saturated heterocycles. The first-order valence-electron chi connectivity index (χ1n) is 5.67. The van der Waals surface area contributed by atoms with Gasteiger partial charge in [0.1, 0.15) is 5.75 Å². The van der Waals surface area contributed by atoms with Gasteiger partial charge in [0.15, 0.2) is 11.4 Å². The van der Waals surface area contributed by atoms with E-state index in [1.54, 1.807) is 0 Å². The van der Waals surface area contributed by atoms with Gasteiger partial charge >= 0.3 is 6.36 Å². The Balaban J connectivity index is 2.24. The highest BCUT2D eigenvalue weighted by Gasteiger charge is 2.32. The van der Waals surface area contributed by atoms with Crippen LogP contribution < -0.4 is 10.1 Å². The standard InChI is InChI=1S/C13H9F3N2O3/c14-13(15,16)21-10-6-2-1-4-8(10)18-12(20)11-9(19)5-3-7-17-11/h1-7,19H,(H,18,20). The number of para-hydroxylation sites is 2. The summed E-state index contributed by atoms with van der Waals surface area (Å²) in [6, 6.07) is 7.69. The molecule has 5 nitrogen and oxygen atoms in total. The molecular weight excluding hydrogens is 289 g/mol. The van der Waals surface area contributed by atoms with Crippen LogP contribution in [0.4, 0.5) is 18.9 Å². The van der Waals surface area contributed by atoms with Crippen molar-refractivity contribution in [1.29, 1.82) is 0 Å². The van der Waals surface area contributed by atoms with Gasteiger partial charge in [-0.25, -0.2) is 4.98 Å². The number of nitrogens with one attached hydrogen (secondary N) is 1. The molecule has 0 bridgehead atoms. The number of hydrogen-bond acceptors (Lipinski definition) is 4. The number of amides is 1. The van der Waals surface area contributed by atoms with Gasteiger partial charge in [-0.15, -0.1) is 13.2 Å². The number of benzene rings is 1. The zero-order valence-electron chi connectivity index (χ0n) is 10.4. The second-order valence-electron chi connectivity index (χ2n) is 3.87. The first kappa shape index (κ1) is 14.6. The summed E-state index contributed by atoms with van der Waals surface area (Å²) in [6.45, 7) is 0. The topological polar surface area (TPSA) is 71.5 Å². The van der Waals surface area contributed by atoms with E-state index < -0.39 is 18.0 Å². The van der Waals surface area contributed by atoms with Crippen molar-refractivity contribution in [3.05, 3.63) is 48.3 Å². The quantitative estimate of drug-likeness (QED) is 0.914. The van der Waals surface area contributed by atoms with Gasteiger partial charge in [-0.3, -0.25) is 4.79 Å². The summed E-state index contributed by atoms with van der Waals surface area (Å²) in [4.78, 5) is 15.5. The van der Waals surface area contributed by atoms with Gasteiger partial charge in [0, 0.05) is 6.20 Å². The van der Waals surface area contributed by atoms with E-state index in [1.807, 2.05) is 0 Å². The van der Waals surface area contributed by atoms with E-state index in [4.69, 9.17) is 0 Å². The van der Waals surface area contributed by atoms with Gasteiger partial charge in [-0.05, 0) is 24.3 Å². The fourth-order valence-electron chi connectivity index (χ4n) is 1.54. The van der Waals surface area contributed by atoms with Gasteiger partial charge in [0.05, 0.1) is 5.69 Å². The molecule has 0 fully saturated rings. The molecule has 1 heterocycles. The van der Waals surface area contributed by atoms with Crippen LogP contribution in [0.25, 0.3) is 0 Å². The lowest BCUT2D eigenvalue weighted by Gasteiger charge is -2.13. The van der Waals surface area contributed by atoms with Gasteiger partial charge in [-0.1, -0.05) is 12.1 Å². The van der Waals surface area contributed by atoms with Gasteiger partial charge < -0.3 is 15.2 Å². The number of carbonyl (C=O) groups excluding carboxylic acids is 1.